The molecule has 0 aliphatic carbocycles. The molecule has 1 atom stereocenters. The van der Waals surface area contributed by atoms with Crippen molar-refractivity contribution < 1.29 is 18.0 Å². The zero-order valence-electron chi connectivity index (χ0n) is 10.8. The van der Waals surface area contributed by atoms with Gasteiger partial charge in [-0.15, -0.1) is 0 Å². The van der Waals surface area contributed by atoms with Gasteiger partial charge in [-0.1, -0.05) is 13.8 Å². The van der Waals surface area contributed by atoms with Crippen LogP contribution in [0.5, 0.6) is 0 Å². The first-order valence-corrected chi connectivity index (χ1v) is 8.00. The number of carbonyl (C=O) groups excluding carboxylic acids is 2. The Morgan fingerprint density at radius 3 is 2.56 bits per heavy atom. The first-order valence-electron chi connectivity index (χ1n) is 6.18. The van der Waals surface area contributed by atoms with Crippen LogP contribution in [-0.4, -0.2) is 55.8 Å². The van der Waals surface area contributed by atoms with E-state index in [-0.39, 0.29) is 36.3 Å². The third kappa shape index (κ3) is 3.97. The minimum atomic E-state index is -3.09. The van der Waals surface area contributed by atoms with Crippen molar-refractivity contribution in [2.75, 3.05) is 24.6 Å². The van der Waals surface area contributed by atoms with Crippen LogP contribution in [-0.2, 0) is 19.4 Å². The summed E-state index contributed by atoms with van der Waals surface area (Å²) >= 11 is 0. The van der Waals surface area contributed by atoms with Crippen LogP contribution in [0.3, 0.4) is 0 Å². The van der Waals surface area contributed by atoms with Crippen molar-refractivity contribution in [2.24, 2.45) is 0 Å². The topological polar surface area (TPSA) is 83.6 Å². The molecule has 0 aromatic rings. The van der Waals surface area contributed by atoms with Crippen molar-refractivity contribution in [1.29, 1.82) is 0 Å². The van der Waals surface area contributed by atoms with Crippen molar-refractivity contribution in [3.8, 4) is 0 Å². The third-order valence-electron chi connectivity index (χ3n) is 3.07. The van der Waals surface area contributed by atoms with Gasteiger partial charge in [0.05, 0.1) is 5.75 Å². The summed E-state index contributed by atoms with van der Waals surface area (Å²) in [5.41, 5.74) is 0. The fraction of sp³-hybridized carbons (Fsp3) is 0.818. The quantitative estimate of drug-likeness (QED) is 0.737. The molecule has 1 unspecified atom stereocenters. The van der Waals surface area contributed by atoms with E-state index in [2.05, 4.69) is 5.32 Å². The second kappa shape index (κ2) is 6.17. The number of carbonyl (C=O) groups is 2. The summed E-state index contributed by atoms with van der Waals surface area (Å²) in [5, 5.41) is 2.64. The minimum Gasteiger partial charge on any atom is -0.344 e. The Morgan fingerprint density at radius 2 is 2.00 bits per heavy atom. The predicted octanol–water partition coefficient (Wildman–Crippen LogP) is -0.452. The third-order valence-corrected chi connectivity index (χ3v) is 4.76. The molecule has 104 valence electrons. The highest BCUT2D eigenvalue weighted by atomic mass is 32.2. The van der Waals surface area contributed by atoms with Gasteiger partial charge in [0.15, 0.2) is 9.84 Å². The lowest BCUT2D eigenvalue weighted by Gasteiger charge is -2.23. The molecule has 0 radical (unpaired) electrons. The summed E-state index contributed by atoms with van der Waals surface area (Å²) in [6.45, 7) is 3.86. The molecule has 1 aliphatic rings. The molecule has 1 saturated heterocycles. The fourth-order valence-electron chi connectivity index (χ4n) is 1.79. The summed E-state index contributed by atoms with van der Waals surface area (Å²) < 4.78 is 22.9. The van der Waals surface area contributed by atoms with Gasteiger partial charge >= 0.3 is 0 Å². The molecular formula is C11H20N2O4S. The second-order valence-corrected chi connectivity index (χ2v) is 6.81. The van der Waals surface area contributed by atoms with E-state index in [1.54, 1.807) is 6.92 Å². The van der Waals surface area contributed by atoms with E-state index in [9.17, 15) is 18.0 Å². The molecule has 1 heterocycles. The van der Waals surface area contributed by atoms with Gasteiger partial charge in [0.1, 0.15) is 6.04 Å². The van der Waals surface area contributed by atoms with Gasteiger partial charge in [0.25, 0.3) is 0 Å². The first-order chi connectivity index (χ1) is 8.39. The molecule has 2 amide bonds. The average Bonchev–Trinajstić information content (AvgIpc) is 2.47. The highest BCUT2D eigenvalue weighted by Crippen LogP contribution is 2.07. The van der Waals surface area contributed by atoms with Crippen LogP contribution in [0.4, 0.5) is 0 Å². The maximum absolute atomic E-state index is 12.0. The number of amides is 2. The van der Waals surface area contributed by atoms with Gasteiger partial charge in [-0.25, -0.2) is 8.42 Å². The van der Waals surface area contributed by atoms with Gasteiger partial charge in [0.2, 0.25) is 11.8 Å². The summed E-state index contributed by atoms with van der Waals surface area (Å²) in [6, 6.07) is -0.524. The second-order valence-electron chi connectivity index (χ2n) is 4.34. The Morgan fingerprint density at radius 1 is 1.33 bits per heavy atom. The predicted molar refractivity (Wildman–Crippen MR) is 67.7 cm³/mol. The molecule has 0 spiro atoms. The number of rotatable bonds is 5. The van der Waals surface area contributed by atoms with Crippen LogP contribution < -0.4 is 5.32 Å². The Bertz CT molecular complexity index is 419. The minimum absolute atomic E-state index is 0.0418. The van der Waals surface area contributed by atoms with E-state index in [1.165, 1.54) is 4.90 Å². The molecule has 0 bridgehead atoms. The van der Waals surface area contributed by atoms with E-state index in [4.69, 9.17) is 0 Å². The highest BCUT2D eigenvalue weighted by Gasteiger charge is 2.28. The molecule has 7 heteroatoms. The molecule has 1 rings (SSSR count). The molecule has 0 saturated carbocycles. The van der Waals surface area contributed by atoms with Crippen LogP contribution in [0, 0.1) is 0 Å². The Kier molecular flexibility index (Phi) is 5.13. The van der Waals surface area contributed by atoms with Crippen molar-refractivity contribution in [1.82, 2.24) is 10.2 Å². The lowest BCUT2D eigenvalue weighted by molar-refractivity contribution is -0.133. The fourth-order valence-corrected chi connectivity index (χ4v) is 2.57. The zero-order valence-corrected chi connectivity index (χ0v) is 11.6. The number of nitrogens with zero attached hydrogens (tertiary/aromatic N) is 1. The van der Waals surface area contributed by atoms with E-state index in [0.717, 1.165) is 0 Å². The zero-order chi connectivity index (χ0) is 13.8. The van der Waals surface area contributed by atoms with E-state index >= 15 is 0 Å². The monoisotopic (exact) mass is 276 g/mol. The lowest BCUT2D eigenvalue weighted by Crippen LogP contribution is -2.45. The Balaban J connectivity index is 2.69. The number of hydrogen-bond acceptors (Lipinski definition) is 4. The summed E-state index contributed by atoms with van der Waals surface area (Å²) in [5.74, 6) is -0.311. The summed E-state index contributed by atoms with van der Waals surface area (Å²) in [4.78, 5) is 24.9. The van der Waals surface area contributed by atoms with Crippen molar-refractivity contribution in [2.45, 2.75) is 32.7 Å². The molecule has 1 fully saturated rings. The number of nitrogens with one attached hydrogen (secondary N) is 1. The average molecular weight is 276 g/mol. The van der Waals surface area contributed by atoms with Gasteiger partial charge in [-0.2, -0.15) is 0 Å². The SMILES string of the molecule is CCC1NC(=O)CCN(CCS(=O)(=O)CC)C1=O. The van der Waals surface area contributed by atoms with Gasteiger partial charge in [-0.05, 0) is 6.42 Å². The number of sulfone groups is 1. The normalized spacial score (nSPS) is 21.7. The maximum Gasteiger partial charge on any atom is 0.245 e. The van der Waals surface area contributed by atoms with Gasteiger partial charge < -0.3 is 10.2 Å². The Labute approximate surface area is 108 Å². The largest absolute Gasteiger partial charge is 0.344 e. The Hall–Kier alpha value is -1.11. The van der Waals surface area contributed by atoms with E-state index in [0.29, 0.717) is 13.0 Å². The standard InChI is InChI=1S/C11H20N2O4S/c1-3-9-11(15)13(6-5-10(14)12-9)7-8-18(16,17)4-2/h9H,3-8H2,1-2H3,(H,12,14). The van der Waals surface area contributed by atoms with E-state index in [1.807, 2.05) is 6.92 Å². The summed E-state index contributed by atoms with van der Waals surface area (Å²) in [7, 11) is -3.09. The van der Waals surface area contributed by atoms with Crippen LogP contribution >= 0.6 is 0 Å². The van der Waals surface area contributed by atoms with Crippen LogP contribution in [0.25, 0.3) is 0 Å². The molecule has 0 aromatic heterocycles. The van der Waals surface area contributed by atoms with Crippen LogP contribution in [0.15, 0.2) is 0 Å². The molecular weight excluding hydrogens is 256 g/mol. The van der Waals surface area contributed by atoms with Gasteiger partial charge in [-0.3, -0.25) is 9.59 Å². The molecule has 1 aliphatic heterocycles. The molecule has 6 nitrogen and oxygen atoms in total. The number of hydrogen-bond donors (Lipinski definition) is 1. The van der Waals surface area contributed by atoms with Crippen molar-refractivity contribution in [3.05, 3.63) is 0 Å². The van der Waals surface area contributed by atoms with Crippen LogP contribution in [0.2, 0.25) is 0 Å². The highest BCUT2D eigenvalue weighted by molar-refractivity contribution is 7.91. The van der Waals surface area contributed by atoms with Crippen molar-refractivity contribution in [3.63, 3.8) is 0 Å². The first kappa shape index (κ1) is 14.9. The molecule has 1 N–H and O–H groups in total. The lowest BCUT2D eigenvalue weighted by atomic mass is 10.2. The molecule has 0 aromatic carbocycles. The van der Waals surface area contributed by atoms with Gasteiger partial charge in [0, 0.05) is 25.3 Å². The maximum atomic E-state index is 12.0. The van der Waals surface area contributed by atoms with Crippen molar-refractivity contribution >= 4 is 21.7 Å². The van der Waals surface area contributed by atoms with Crippen LogP contribution in [0.1, 0.15) is 26.7 Å². The smallest absolute Gasteiger partial charge is 0.245 e. The summed E-state index contributed by atoms with van der Waals surface area (Å²) in [6.07, 6.45) is 0.746. The van der Waals surface area contributed by atoms with E-state index < -0.39 is 15.9 Å². The molecule has 18 heavy (non-hydrogen) atoms.